The Morgan fingerprint density at radius 2 is 0.635 bits per heavy atom. The van der Waals surface area contributed by atoms with Crippen molar-refractivity contribution in [3.63, 3.8) is 0 Å². The fourth-order valence-corrected chi connectivity index (χ4v) is 9.17. The van der Waals surface area contributed by atoms with Gasteiger partial charge in [0.2, 0.25) is 0 Å². The summed E-state index contributed by atoms with van der Waals surface area (Å²) in [4.78, 5) is 1.88. The Morgan fingerprint density at radius 1 is 0.349 bits per heavy atom. The minimum absolute atomic E-state index is 0.755. The van der Waals surface area contributed by atoms with Gasteiger partial charge in [-0.05, 0) is 126 Å². The Balaban J connectivity index is 1.38. The second kappa shape index (κ2) is 33.6. The molecule has 0 unspecified atom stereocenters. The van der Waals surface area contributed by atoms with Crippen LogP contribution in [0, 0.1) is 39.1 Å². The Hall–Kier alpha value is -3.83. The van der Waals surface area contributed by atoms with Gasteiger partial charge in [-0.3, -0.25) is 0 Å². The predicted molar refractivity (Wildman–Crippen MR) is 279 cm³/mol. The maximum atomic E-state index is 6.06. The molecule has 5 heteroatoms. The van der Waals surface area contributed by atoms with E-state index >= 15 is 0 Å². The van der Waals surface area contributed by atoms with Crippen LogP contribution in [0.2, 0.25) is 0 Å². The van der Waals surface area contributed by atoms with Crippen molar-refractivity contribution in [2.24, 2.45) is 0 Å². The first-order chi connectivity index (χ1) is 31.1. The third-order valence-corrected chi connectivity index (χ3v) is 13.7. The van der Waals surface area contributed by atoms with Crippen LogP contribution in [0.3, 0.4) is 0 Å². The van der Waals surface area contributed by atoms with Crippen LogP contribution in [0.15, 0.2) is 72.8 Å². The molecule has 4 rings (SSSR count). The summed E-state index contributed by atoms with van der Waals surface area (Å²) in [7, 11) is 0. The molecule has 1 heterocycles. The molecule has 0 amide bonds. The Kier molecular flexibility index (Phi) is 27.7. The standard InChI is InChI=1S/C58H75IO3S/c1-4-7-10-13-16-19-22-25-46-60-52-37-28-49(29-38-52)34-43-55-56(44-35-50-30-39-53(40-31-50)61-47-26-23-20-17-14-11-8-5-2)63-57(58(55)59)45-36-51-32-41-54(42-33-51)62-48-27-24-21-18-15-12-9-6-3/h28-33,37-42H,4-27,46-48H2,1-3H3. The molecule has 0 radical (unpaired) electrons. The molecule has 0 N–H and O–H groups in total. The van der Waals surface area contributed by atoms with Gasteiger partial charge < -0.3 is 14.2 Å². The number of halogens is 1. The first kappa shape index (κ1) is 51.8. The van der Waals surface area contributed by atoms with E-state index in [1.54, 1.807) is 11.3 Å². The zero-order valence-electron chi connectivity index (χ0n) is 39.0. The monoisotopic (exact) mass is 978 g/mol. The van der Waals surface area contributed by atoms with Crippen molar-refractivity contribution in [3.8, 4) is 52.8 Å². The van der Waals surface area contributed by atoms with Crippen LogP contribution in [0.4, 0.5) is 0 Å². The summed E-state index contributed by atoms with van der Waals surface area (Å²) in [6.07, 6.45) is 31.0. The van der Waals surface area contributed by atoms with Gasteiger partial charge in [0.15, 0.2) is 0 Å². The van der Waals surface area contributed by atoms with Crippen LogP contribution in [-0.2, 0) is 0 Å². The van der Waals surface area contributed by atoms with Crippen molar-refractivity contribution in [3.05, 3.63) is 108 Å². The van der Waals surface area contributed by atoms with E-state index in [1.165, 1.54) is 135 Å². The highest BCUT2D eigenvalue weighted by Crippen LogP contribution is 2.29. The van der Waals surface area contributed by atoms with Gasteiger partial charge in [0.1, 0.15) is 17.2 Å². The highest BCUT2D eigenvalue weighted by atomic mass is 127. The molecular formula is C58H75IO3S. The van der Waals surface area contributed by atoms with Crippen LogP contribution >= 0.6 is 33.9 Å². The second-order valence-corrected chi connectivity index (χ2v) is 18.8. The first-order valence-corrected chi connectivity index (χ1v) is 26.6. The van der Waals surface area contributed by atoms with Gasteiger partial charge in [-0.15, -0.1) is 11.3 Å². The van der Waals surface area contributed by atoms with Crippen LogP contribution in [0.1, 0.15) is 207 Å². The largest absolute Gasteiger partial charge is 0.494 e. The maximum Gasteiger partial charge on any atom is 0.119 e. The van der Waals surface area contributed by atoms with Crippen LogP contribution < -0.4 is 14.2 Å². The van der Waals surface area contributed by atoms with E-state index in [1.807, 2.05) is 72.8 Å². The van der Waals surface area contributed by atoms with Crippen molar-refractivity contribution >= 4 is 33.9 Å². The molecule has 0 saturated carbocycles. The summed E-state index contributed by atoms with van der Waals surface area (Å²) < 4.78 is 19.2. The lowest BCUT2D eigenvalue weighted by Crippen LogP contribution is -1.97. The number of hydrogen-bond acceptors (Lipinski definition) is 4. The zero-order valence-corrected chi connectivity index (χ0v) is 42.0. The highest BCUT2D eigenvalue weighted by Gasteiger charge is 2.13. The predicted octanol–water partition coefficient (Wildman–Crippen LogP) is 17.1. The number of ether oxygens (including phenoxy) is 3. The molecule has 3 aromatic carbocycles. The lowest BCUT2D eigenvalue weighted by molar-refractivity contribution is 0.304. The molecule has 3 nitrogen and oxygen atoms in total. The molecule has 63 heavy (non-hydrogen) atoms. The quantitative estimate of drug-likeness (QED) is 0.0296. The van der Waals surface area contributed by atoms with E-state index in [0.29, 0.717) is 0 Å². The molecule has 0 bridgehead atoms. The molecule has 0 aliphatic rings. The molecular weight excluding hydrogens is 904 g/mol. The number of thiophene rings is 1. The number of unbranched alkanes of at least 4 members (excludes halogenated alkanes) is 21. The fraction of sp³-hybridized carbons (Fsp3) is 0.517. The number of rotatable bonds is 30. The van der Waals surface area contributed by atoms with Gasteiger partial charge in [0, 0.05) is 16.7 Å². The molecule has 1 aromatic heterocycles. The van der Waals surface area contributed by atoms with Crippen molar-refractivity contribution in [2.45, 2.75) is 175 Å². The third kappa shape index (κ3) is 22.6. The van der Waals surface area contributed by atoms with Gasteiger partial charge in [0.05, 0.1) is 38.7 Å². The normalized spacial score (nSPS) is 10.6. The Labute approximate surface area is 401 Å². The summed E-state index contributed by atoms with van der Waals surface area (Å²) >= 11 is 4.00. The van der Waals surface area contributed by atoms with E-state index in [2.05, 4.69) is 78.9 Å². The molecule has 0 aliphatic heterocycles. The van der Waals surface area contributed by atoms with Crippen molar-refractivity contribution in [2.75, 3.05) is 19.8 Å². The fourth-order valence-electron chi connectivity index (χ4n) is 7.27. The Morgan fingerprint density at radius 3 is 0.968 bits per heavy atom. The molecule has 0 atom stereocenters. The van der Waals surface area contributed by atoms with Crippen LogP contribution in [-0.4, -0.2) is 19.8 Å². The molecule has 0 saturated heterocycles. The summed E-state index contributed by atoms with van der Waals surface area (Å²) in [5.74, 6) is 23.2. The van der Waals surface area contributed by atoms with Gasteiger partial charge >= 0.3 is 0 Å². The van der Waals surface area contributed by atoms with Crippen molar-refractivity contribution in [1.29, 1.82) is 0 Å². The van der Waals surface area contributed by atoms with Gasteiger partial charge in [0.25, 0.3) is 0 Å². The maximum absolute atomic E-state index is 6.06. The van der Waals surface area contributed by atoms with Crippen molar-refractivity contribution < 1.29 is 14.2 Å². The first-order valence-electron chi connectivity index (χ1n) is 24.7. The van der Waals surface area contributed by atoms with Crippen LogP contribution in [0.25, 0.3) is 0 Å². The minimum atomic E-state index is 0.755. The van der Waals surface area contributed by atoms with Crippen LogP contribution in [0.5, 0.6) is 17.2 Å². The highest BCUT2D eigenvalue weighted by molar-refractivity contribution is 14.1. The Bertz CT molecular complexity index is 1990. The third-order valence-electron chi connectivity index (χ3n) is 11.2. The summed E-state index contributed by atoms with van der Waals surface area (Å²) in [5, 5.41) is 0. The second-order valence-electron chi connectivity index (χ2n) is 16.7. The average molecular weight is 979 g/mol. The summed E-state index contributed by atoms with van der Waals surface area (Å²) in [5.41, 5.74) is 3.75. The average Bonchev–Trinajstić information content (AvgIpc) is 3.61. The SMILES string of the molecule is CCCCCCCCCCOc1ccc(C#Cc2sc(C#Cc3ccc(OCCCCCCCCCC)cc3)c(C#Cc3ccc(OCCCCCCCCCC)cc3)c2I)cc1. The number of hydrogen-bond donors (Lipinski definition) is 0. The number of benzene rings is 3. The molecule has 4 aromatic rings. The lowest BCUT2D eigenvalue weighted by Gasteiger charge is -2.06. The summed E-state index contributed by atoms with van der Waals surface area (Å²) in [6, 6.07) is 24.4. The van der Waals surface area contributed by atoms with E-state index in [-0.39, 0.29) is 0 Å². The van der Waals surface area contributed by atoms with E-state index in [0.717, 1.165) is 91.9 Å². The van der Waals surface area contributed by atoms with Gasteiger partial charge in [-0.2, -0.15) is 0 Å². The summed E-state index contributed by atoms with van der Waals surface area (Å²) in [6.45, 7) is 9.08. The van der Waals surface area contributed by atoms with Gasteiger partial charge in [-0.1, -0.05) is 179 Å². The van der Waals surface area contributed by atoms with E-state index in [4.69, 9.17) is 14.2 Å². The van der Waals surface area contributed by atoms with Crippen molar-refractivity contribution in [1.82, 2.24) is 0 Å². The lowest BCUT2D eigenvalue weighted by atomic mass is 10.1. The smallest absolute Gasteiger partial charge is 0.119 e. The van der Waals surface area contributed by atoms with E-state index < -0.39 is 0 Å². The zero-order chi connectivity index (χ0) is 44.4. The molecule has 0 fully saturated rings. The molecule has 0 spiro atoms. The molecule has 0 aliphatic carbocycles. The topological polar surface area (TPSA) is 27.7 Å². The minimum Gasteiger partial charge on any atom is -0.494 e. The van der Waals surface area contributed by atoms with E-state index in [9.17, 15) is 0 Å². The molecule has 338 valence electrons. The van der Waals surface area contributed by atoms with Gasteiger partial charge in [-0.25, -0.2) is 0 Å².